The number of nitrogens with zero attached hydrogens (tertiary/aromatic N) is 2. The molecule has 1 unspecified atom stereocenters. The highest BCUT2D eigenvalue weighted by Gasteiger charge is 2.05. The maximum atomic E-state index is 9.75. The molecule has 4 nitrogen and oxygen atoms in total. The highest BCUT2D eigenvalue weighted by Crippen LogP contribution is 2.17. The third-order valence-corrected chi connectivity index (χ3v) is 2.92. The van der Waals surface area contributed by atoms with Crippen molar-refractivity contribution in [2.45, 2.75) is 33.0 Å². The summed E-state index contributed by atoms with van der Waals surface area (Å²) >= 11 is 0. The summed E-state index contributed by atoms with van der Waals surface area (Å²) in [7, 11) is 0. The number of benzene rings is 1. The van der Waals surface area contributed by atoms with Crippen LogP contribution in [0.3, 0.4) is 0 Å². The molecule has 1 aromatic carbocycles. The third kappa shape index (κ3) is 3.34. The lowest BCUT2D eigenvalue weighted by atomic mass is 10.1. The Morgan fingerprint density at radius 2 is 2.28 bits per heavy atom. The van der Waals surface area contributed by atoms with Gasteiger partial charge < -0.3 is 15.0 Å². The van der Waals surface area contributed by atoms with Crippen LogP contribution >= 0.6 is 0 Å². The topological polar surface area (TPSA) is 50.1 Å². The van der Waals surface area contributed by atoms with E-state index in [0.29, 0.717) is 18.3 Å². The van der Waals surface area contributed by atoms with Gasteiger partial charge in [0.15, 0.2) is 0 Å². The predicted molar refractivity (Wildman–Crippen MR) is 71.4 cm³/mol. The van der Waals surface area contributed by atoms with E-state index >= 15 is 0 Å². The van der Waals surface area contributed by atoms with Crippen molar-refractivity contribution in [2.75, 3.05) is 0 Å². The van der Waals surface area contributed by atoms with Crippen molar-refractivity contribution < 1.29 is 5.11 Å². The van der Waals surface area contributed by atoms with Crippen molar-refractivity contribution >= 4 is 0 Å². The van der Waals surface area contributed by atoms with Crippen LogP contribution < -0.4 is 5.32 Å². The second-order valence-electron chi connectivity index (χ2n) is 4.67. The summed E-state index contributed by atoms with van der Waals surface area (Å²) in [4.78, 5) is 4.01. The monoisotopic (exact) mass is 245 g/mol. The van der Waals surface area contributed by atoms with Crippen LogP contribution in [0.25, 0.3) is 0 Å². The van der Waals surface area contributed by atoms with E-state index in [4.69, 9.17) is 0 Å². The Balaban J connectivity index is 1.89. The molecule has 2 aromatic rings. The summed E-state index contributed by atoms with van der Waals surface area (Å²) in [5.41, 5.74) is 2.10. The lowest BCUT2D eigenvalue weighted by Gasteiger charge is -2.15. The van der Waals surface area contributed by atoms with E-state index in [1.54, 1.807) is 12.3 Å². The Bertz CT molecular complexity index is 494. The normalized spacial score (nSPS) is 12.6. The number of aromatic nitrogens is 2. The summed E-state index contributed by atoms with van der Waals surface area (Å²) < 4.78 is 2.04. The second kappa shape index (κ2) is 5.69. The second-order valence-corrected chi connectivity index (χ2v) is 4.67. The summed E-state index contributed by atoms with van der Waals surface area (Å²) in [5, 5.41) is 13.1. The molecule has 0 amide bonds. The van der Waals surface area contributed by atoms with Crippen LogP contribution in [0.2, 0.25) is 0 Å². The molecule has 0 aliphatic heterocycles. The van der Waals surface area contributed by atoms with Crippen molar-refractivity contribution in [1.82, 2.24) is 14.9 Å². The largest absolute Gasteiger partial charge is 0.508 e. The van der Waals surface area contributed by atoms with Crippen molar-refractivity contribution in [2.24, 2.45) is 0 Å². The Kier molecular flexibility index (Phi) is 3.99. The molecular formula is C14H19N3O. The maximum Gasteiger partial charge on any atom is 0.120 e. The van der Waals surface area contributed by atoms with Gasteiger partial charge in [-0.25, -0.2) is 4.98 Å². The number of imidazole rings is 1. The highest BCUT2D eigenvalue weighted by molar-refractivity contribution is 5.35. The van der Waals surface area contributed by atoms with Gasteiger partial charge >= 0.3 is 0 Å². The Labute approximate surface area is 107 Å². The summed E-state index contributed by atoms with van der Waals surface area (Å²) in [6.07, 6.45) is 5.53. The molecule has 2 N–H and O–H groups in total. The lowest BCUT2D eigenvalue weighted by molar-refractivity contribution is 0.446. The number of aromatic hydroxyl groups is 1. The van der Waals surface area contributed by atoms with Gasteiger partial charge in [-0.05, 0) is 19.9 Å². The van der Waals surface area contributed by atoms with Crippen molar-refractivity contribution in [1.29, 1.82) is 0 Å². The average Bonchev–Trinajstić information content (AvgIpc) is 2.83. The van der Waals surface area contributed by atoms with Crippen LogP contribution in [0, 0.1) is 6.92 Å². The van der Waals surface area contributed by atoms with Crippen molar-refractivity contribution in [3.05, 3.63) is 48.0 Å². The van der Waals surface area contributed by atoms with Crippen LogP contribution in [0.4, 0.5) is 0 Å². The number of nitrogens with one attached hydrogen (secondary N) is 1. The van der Waals surface area contributed by atoms with Crippen molar-refractivity contribution in [3.63, 3.8) is 0 Å². The smallest absolute Gasteiger partial charge is 0.120 e. The van der Waals surface area contributed by atoms with Gasteiger partial charge in [0.05, 0.1) is 6.33 Å². The predicted octanol–water partition coefficient (Wildman–Crippen LogP) is 2.08. The van der Waals surface area contributed by atoms with Crippen LogP contribution in [0.1, 0.15) is 18.1 Å². The number of phenolic OH excluding ortho intramolecular Hbond substituents is 1. The van der Waals surface area contributed by atoms with E-state index in [9.17, 15) is 5.11 Å². The van der Waals surface area contributed by atoms with E-state index in [2.05, 4.69) is 17.2 Å². The zero-order chi connectivity index (χ0) is 13.0. The number of phenols is 1. The van der Waals surface area contributed by atoms with Gasteiger partial charge in [0.1, 0.15) is 5.75 Å². The molecule has 1 atom stereocenters. The van der Waals surface area contributed by atoms with E-state index in [0.717, 1.165) is 17.7 Å². The first kappa shape index (κ1) is 12.6. The van der Waals surface area contributed by atoms with Gasteiger partial charge in [0.2, 0.25) is 0 Å². The molecule has 96 valence electrons. The molecule has 0 saturated heterocycles. The maximum absolute atomic E-state index is 9.75. The average molecular weight is 245 g/mol. The molecule has 0 aliphatic rings. The summed E-state index contributed by atoms with van der Waals surface area (Å²) in [5.74, 6) is 0.350. The minimum atomic E-state index is 0.319. The van der Waals surface area contributed by atoms with Gasteiger partial charge in [0.25, 0.3) is 0 Å². The minimum absolute atomic E-state index is 0.319. The molecule has 18 heavy (non-hydrogen) atoms. The van der Waals surface area contributed by atoms with E-state index < -0.39 is 0 Å². The van der Waals surface area contributed by atoms with Gasteiger partial charge in [0, 0.05) is 37.1 Å². The third-order valence-electron chi connectivity index (χ3n) is 2.92. The Morgan fingerprint density at radius 3 is 3.00 bits per heavy atom. The molecule has 0 aliphatic carbocycles. The molecule has 1 aromatic heterocycles. The van der Waals surface area contributed by atoms with Crippen LogP contribution in [-0.2, 0) is 13.1 Å². The van der Waals surface area contributed by atoms with E-state index in [1.165, 1.54) is 0 Å². The van der Waals surface area contributed by atoms with E-state index in [1.807, 2.05) is 36.1 Å². The first-order valence-corrected chi connectivity index (χ1v) is 6.13. The lowest BCUT2D eigenvalue weighted by Crippen LogP contribution is -2.29. The molecule has 1 heterocycles. The molecule has 4 heteroatoms. The number of hydrogen-bond acceptors (Lipinski definition) is 3. The van der Waals surface area contributed by atoms with E-state index in [-0.39, 0.29) is 0 Å². The molecule has 0 fully saturated rings. The van der Waals surface area contributed by atoms with Gasteiger partial charge in [-0.15, -0.1) is 0 Å². The SMILES string of the molecule is Cc1ccc(O)c(CNC(C)Cn2ccnc2)c1. The number of aryl methyl sites for hydroxylation is 1. The summed E-state index contributed by atoms with van der Waals surface area (Å²) in [6.45, 7) is 5.68. The van der Waals surface area contributed by atoms with Crippen LogP contribution in [0.15, 0.2) is 36.9 Å². The van der Waals surface area contributed by atoms with Gasteiger partial charge in [-0.1, -0.05) is 17.7 Å². The summed E-state index contributed by atoms with van der Waals surface area (Å²) in [6, 6.07) is 5.98. The zero-order valence-electron chi connectivity index (χ0n) is 10.8. The highest BCUT2D eigenvalue weighted by atomic mass is 16.3. The fraction of sp³-hybridized carbons (Fsp3) is 0.357. The molecule has 0 radical (unpaired) electrons. The molecule has 2 rings (SSSR count). The fourth-order valence-electron chi connectivity index (χ4n) is 1.92. The molecule has 0 bridgehead atoms. The Hall–Kier alpha value is -1.81. The number of rotatable bonds is 5. The quantitative estimate of drug-likeness (QED) is 0.848. The fourth-order valence-corrected chi connectivity index (χ4v) is 1.92. The van der Waals surface area contributed by atoms with Crippen LogP contribution in [0.5, 0.6) is 5.75 Å². The first-order chi connectivity index (χ1) is 8.65. The molecular weight excluding hydrogens is 226 g/mol. The first-order valence-electron chi connectivity index (χ1n) is 6.13. The minimum Gasteiger partial charge on any atom is -0.508 e. The van der Waals surface area contributed by atoms with Gasteiger partial charge in [-0.3, -0.25) is 0 Å². The van der Waals surface area contributed by atoms with Crippen molar-refractivity contribution in [3.8, 4) is 5.75 Å². The molecule has 0 spiro atoms. The standard InChI is InChI=1S/C14H19N3O/c1-11-3-4-14(18)13(7-11)8-16-12(2)9-17-6-5-15-10-17/h3-7,10,12,16,18H,8-9H2,1-2H3. The zero-order valence-corrected chi connectivity index (χ0v) is 10.8. The number of hydrogen-bond donors (Lipinski definition) is 2. The van der Waals surface area contributed by atoms with Crippen LogP contribution in [-0.4, -0.2) is 20.7 Å². The Morgan fingerprint density at radius 1 is 1.44 bits per heavy atom. The van der Waals surface area contributed by atoms with Gasteiger partial charge in [-0.2, -0.15) is 0 Å². The molecule has 0 saturated carbocycles.